The molecule has 1 nitrogen and oxygen atoms in total. The molecule has 0 aliphatic heterocycles. The zero-order chi connectivity index (χ0) is 8.53. The molecule has 0 saturated carbocycles. The molecule has 0 rings (SSSR count). The summed E-state index contributed by atoms with van der Waals surface area (Å²) in [6, 6.07) is 0. The van der Waals surface area contributed by atoms with Gasteiger partial charge in [0.2, 0.25) is 0 Å². The van der Waals surface area contributed by atoms with Gasteiger partial charge in [0, 0.05) is 5.88 Å². The van der Waals surface area contributed by atoms with Gasteiger partial charge in [-0.15, -0.1) is 11.6 Å². The second-order valence-electron chi connectivity index (χ2n) is 2.94. The summed E-state index contributed by atoms with van der Waals surface area (Å²) in [5.74, 6) is 1.59. The van der Waals surface area contributed by atoms with Crippen molar-refractivity contribution in [2.45, 2.75) is 33.1 Å². The Morgan fingerprint density at radius 2 is 2.00 bits per heavy atom. The molecule has 1 N–H and O–H groups in total. The van der Waals surface area contributed by atoms with Crippen LogP contribution in [0.25, 0.3) is 0 Å². The van der Waals surface area contributed by atoms with Gasteiger partial charge in [-0.3, -0.25) is 0 Å². The highest BCUT2D eigenvalue weighted by Crippen LogP contribution is 2.10. The van der Waals surface area contributed by atoms with Crippen molar-refractivity contribution in [2.75, 3.05) is 19.0 Å². The van der Waals surface area contributed by atoms with E-state index in [1.165, 1.54) is 12.8 Å². The van der Waals surface area contributed by atoms with Gasteiger partial charge in [0.15, 0.2) is 0 Å². The lowest BCUT2D eigenvalue weighted by molar-refractivity contribution is 0.436. The van der Waals surface area contributed by atoms with Crippen molar-refractivity contribution in [3.05, 3.63) is 0 Å². The van der Waals surface area contributed by atoms with Gasteiger partial charge in [-0.1, -0.05) is 20.3 Å². The molecule has 1 unspecified atom stereocenters. The predicted octanol–water partition coefficient (Wildman–Crippen LogP) is 2.64. The summed E-state index contributed by atoms with van der Waals surface area (Å²) < 4.78 is 0. The van der Waals surface area contributed by atoms with Crippen LogP contribution in [0, 0.1) is 5.92 Å². The first kappa shape index (κ1) is 11.2. The maximum atomic E-state index is 5.68. The monoisotopic (exact) mass is 177 g/mol. The van der Waals surface area contributed by atoms with Crippen LogP contribution < -0.4 is 5.32 Å². The van der Waals surface area contributed by atoms with Crippen LogP contribution in [0.4, 0.5) is 0 Å². The summed E-state index contributed by atoms with van der Waals surface area (Å²) in [4.78, 5) is 0. The average Bonchev–Trinajstić information content (AvgIpc) is 2.01. The van der Waals surface area contributed by atoms with Crippen molar-refractivity contribution < 1.29 is 0 Å². The van der Waals surface area contributed by atoms with Crippen LogP contribution in [-0.2, 0) is 0 Å². The van der Waals surface area contributed by atoms with E-state index in [0.29, 0.717) is 0 Å². The summed E-state index contributed by atoms with van der Waals surface area (Å²) in [6.45, 7) is 6.58. The second kappa shape index (κ2) is 8.35. The van der Waals surface area contributed by atoms with E-state index in [4.69, 9.17) is 11.6 Å². The molecule has 0 heterocycles. The number of hydrogen-bond donors (Lipinski definition) is 1. The predicted molar refractivity (Wildman–Crippen MR) is 52.3 cm³/mol. The molecule has 0 aromatic rings. The third-order valence-electron chi connectivity index (χ3n) is 1.90. The largest absolute Gasteiger partial charge is 0.317 e. The molecule has 0 aromatic heterocycles. The molecule has 0 aliphatic carbocycles. The lowest BCUT2D eigenvalue weighted by atomic mass is 10.0. The fourth-order valence-electron chi connectivity index (χ4n) is 1.26. The smallest absolute Gasteiger partial charge is 0.0226 e. The minimum Gasteiger partial charge on any atom is -0.317 e. The lowest BCUT2D eigenvalue weighted by Crippen LogP contribution is -2.22. The Hall–Kier alpha value is 0.250. The minimum absolute atomic E-state index is 0.789. The van der Waals surface area contributed by atoms with Gasteiger partial charge in [0.1, 0.15) is 0 Å². The van der Waals surface area contributed by atoms with Gasteiger partial charge in [-0.2, -0.15) is 0 Å². The molecular weight excluding hydrogens is 158 g/mol. The Bertz CT molecular complexity index is 70.0. The van der Waals surface area contributed by atoms with Gasteiger partial charge in [0.25, 0.3) is 0 Å². The topological polar surface area (TPSA) is 12.0 Å². The summed E-state index contributed by atoms with van der Waals surface area (Å²) in [5, 5.41) is 3.36. The molecule has 0 aliphatic rings. The number of alkyl halides is 1. The molecule has 68 valence electrons. The standard InChI is InChI=1S/C9H20ClN/c1-3-5-9(6-7-10)8-11-4-2/h9,11H,3-8H2,1-2H3. The highest BCUT2D eigenvalue weighted by molar-refractivity contribution is 6.17. The summed E-state index contributed by atoms with van der Waals surface area (Å²) in [5.41, 5.74) is 0. The first-order valence-corrected chi connectivity index (χ1v) is 5.15. The Kier molecular flexibility index (Phi) is 8.54. The molecule has 2 heteroatoms. The van der Waals surface area contributed by atoms with E-state index in [1.54, 1.807) is 0 Å². The number of rotatable bonds is 7. The molecule has 0 aromatic carbocycles. The van der Waals surface area contributed by atoms with E-state index >= 15 is 0 Å². The zero-order valence-electron chi connectivity index (χ0n) is 7.70. The Labute approximate surface area is 75.5 Å². The lowest BCUT2D eigenvalue weighted by Gasteiger charge is -2.14. The van der Waals surface area contributed by atoms with Crippen LogP contribution in [-0.4, -0.2) is 19.0 Å². The molecule has 1 atom stereocenters. The molecule has 11 heavy (non-hydrogen) atoms. The summed E-state index contributed by atoms with van der Waals surface area (Å²) in [7, 11) is 0. The minimum atomic E-state index is 0.789. The van der Waals surface area contributed by atoms with Crippen molar-refractivity contribution in [3.8, 4) is 0 Å². The van der Waals surface area contributed by atoms with Crippen molar-refractivity contribution in [2.24, 2.45) is 5.92 Å². The number of hydrogen-bond acceptors (Lipinski definition) is 1. The van der Waals surface area contributed by atoms with Gasteiger partial charge in [-0.05, 0) is 31.8 Å². The first-order chi connectivity index (χ1) is 5.35. The molecule has 0 saturated heterocycles. The second-order valence-corrected chi connectivity index (χ2v) is 3.32. The van der Waals surface area contributed by atoms with E-state index in [9.17, 15) is 0 Å². The third-order valence-corrected chi connectivity index (χ3v) is 2.12. The van der Waals surface area contributed by atoms with Crippen LogP contribution in [0.15, 0.2) is 0 Å². The van der Waals surface area contributed by atoms with Crippen LogP contribution in [0.1, 0.15) is 33.1 Å². The van der Waals surface area contributed by atoms with E-state index in [-0.39, 0.29) is 0 Å². The fourth-order valence-corrected chi connectivity index (χ4v) is 1.57. The molecule has 0 bridgehead atoms. The molecule has 0 spiro atoms. The number of nitrogens with one attached hydrogen (secondary N) is 1. The van der Waals surface area contributed by atoms with Gasteiger partial charge in [0.05, 0.1) is 0 Å². The van der Waals surface area contributed by atoms with Gasteiger partial charge >= 0.3 is 0 Å². The van der Waals surface area contributed by atoms with Crippen LogP contribution in [0.3, 0.4) is 0 Å². The highest BCUT2D eigenvalue weighted by atomic mass is 35.5. The summed E-state index contributed by atoms with van der Waals surface area (Å²) >= 11 is 5.68. The molecule has 0 fully saturated rings. The van der Waals surface area contributed by atoms with Gasteiger partial charge < -0.3 is 5.32 Å². The molecule has 0 radical (unpaired) electrons. The van der Waals surface area contributed by atoms with Crippen molar-refractivity contribution in [1.29, 1.82) is 0 Å². The zero-order valence-corrected chi connectivity index (χ0v) is 8.45. The number of halogens is 1. The summed E-state index contributed by atoms with van der Waals surface area (Å²) in [6.07, 6.45) is 3.73. The Morgan fingerprint density at radius 3 is 2.45 bits per heavy atom. The molecule has 0 amide bonds. The highest BCUT2D eigenvalue weighted by Gasteiger charge is 2.04. The van der Waals surface area contributed by atoms with Crippen LogP contribution >= 0.6 is 11.6 Å². The van der Waals surface area contributed by atoms with E-state index in [2.05, 4.69) is 19.2 Å². The van der Waals surface area contributed by atoms with Crippen LogP contribution in [0.2, 0.25) is 0 Å². The van der Waals surface area contributed by atoms with Crippen LogP contribution in [0.5, 0.6) is 0 Å². The van der Waals surface area contributed by atoms with Crippen molar-refractivity contribution in [3.63, 3.8) is 0 Å². The average molecular weight is 178 g/mol. The van der Waals surface area contributed by atoms with Crippen molar-refractivity contribution >= 4 is 11.6 Å². The van der Waals surface area contributed by atoms with E-state index in [0.717, 1.165) is 31.3 Å². The SMILES string of the molecule is CCCC(CCCl)CNCC. The van der Waals surface area contributed by atoms with Gasteiger partial charge in [-0.25, -0.2) is 0 Å². The Balaban J connectivity index is 3.34. The third kappa shape index (κ3) is 6.64. The van der Waals surface area contributed by atoms with Crippen molar-refractivity contribution in [1.82, 2.24) is 5.32 Å². The maximum absolute atomic E-state index is 5.68. The quantitative estimate of drug-likeness (QED) is 0.590. The normalized spacial score (nSPS) is 13.4. The first-order valence-electron chi connectivity index (χ1n) is 4.61. The Morgan fingerprint density at radius 1 is 1.27 bits per heavy atom. The molecular formula is C9H20ClN. The maximum Gasteiger partial charge on any atom is 0.0226 e. The van der Waals surface area contributed by atoms with E-state index in [1.807, 2.05) is 0 Å². The fraction of sp³-hybridized carbons (Fsp3) is 1.00. The van der Waals surface area contributed by atoms with E-state index < -0.39 is 0 Å².